The Bertz CT molecular complexity index is 338. The molecule has 0 aliphatic rings. The zero-order valence-electron chi connectivity index (χ0n) is 12.3. The van der Waals surface area contributed by atoms with Crippen molar-refractivity contribution >= 4 is 0 Å². The van der Waals surface area contributed by atoms with E-state index < -0.39 is 0 Å². The lowest BCUT2D eigenvalue weighted by Gasteiger charge is -2.16. The molecule has 104 valence electrons. The molecule has 0 aliphatic heterocycles. The molecule has 1 unspecified atom stereocenters. The molecule has 0 aromatic carbocycles. The fourth-order valence-electron chi connectivity index (χ4n) is 2.67. The van der Waals surface area contributed by atoms with Crippen molar-refractivity contribution in [2.45, 2.75) is 65.8 Å². The van der Waals surface area contributed by atoms with Gasteiger partial charge in [-0.2, -0.15) is 0 Å². The molecule has 1 aromatic heterocycles. The van der Waals surface area contributed by atoms with Crippen LogP contribution in [0.2, 0.25) is 0 Å². The molecule has 0 saturated carbocycles. The van der Waals surface area contributed by atoms with Gasteiger partial charge in [0.25, 0.3) is 0 Å². The molecule has 1 rings (SSSR count). The molecule has 0 spiro atoms. The van der Waals surface area contributed by atoms with E-state index in [1.165, 1.54) is 19.3 Å². The molecule has 4 nitrogen and oxygen atoms in total. The van der Waals surface area contributed by atoms with Gasteiger partial charge in [-0.3, -0.25) is 0 Å². The Kier molecular flexibility index (Phi) is 6.33. The first kappa shape index (κ1) is 15.2. The SMILES string of the molecule is CCCC(CCN)CCc1nnc(C)n1C(C)C. The van der Waals surface area contributed by atoms with Gasteiger partial charge in [-0.05, 0) is 46.1 Å². The highest BCUT2D eigenvalue weighted by Crippen LogP contribution is 2.19. The van der Waals surface area contributed by atoms with Crippen LogP contribution in [0.25, 0.3) is 0 Å². The summed E-state index contributed by atoms with van der Waals surface area (Å²) in [5.41, 5.74) is 5.68. The van der Waals surface area contributed by atoms with Crippen LogP contribution in [0.5, 0.6) is 0 Å². The quantitative estimate of drug-likeness (QED) is 0.774. The van der Waals surface area contributed by atoms with Gasteiger partial charge in [0.1, 0.15) is 11.6 Å². The molecule has 2 N–H and O–H groups in total. The number of aryl methyl sites for hydroxylation is 2. The van der Waals surface area contributed by atoms with Gasteiger partial charge in [-0.1, -0.05) is 19.8 Å². The molecular formula is C14H28N4. The van der Waals surface area contributed by atoms with Crippen LogP contribution in [-0.4, -0.2) is 21.3 Å². The number of hydrogen-bond donors (Lipinski definition) is 1. The van der Waals surface area contributed by atoms with E-state index >= 15 is 0 Å². The van der Waals surface area contributed by atoms with E-state index in [1.807, 2.05) is 6.92 Å². The molecule has 18 heavy (non-hydrogen) atoms. The van der Waals surface area contributed by atoms with Crippen LogP contribution in [0.1, 0.15) is 64.1 Å². The number of aromatic nitrogens is 3. The van der Waals surface area contributed by atoms with E-state index in [9.17, 15) is 0 Å². The second-order valence-electron chi connectivity index (χ2n) is 5.40. The number of nitrogens with two attached hydrogens (primary N) is 1. The fraction of sp³-hybridized carbons (Fsp3) is 0.857. The first-order chi connectivity index (χ1) is 8.60. The maximum atomic E-state index is 5.68. The monoisotopic (exact) mass is 252 g/mol. The minimum atomic E-state index is 0.439. The Labute approximate surface area is 111 Å². The lowest BCUT2D eigenvalue weighted by atomic mass is 9.94. The van der Waals surface area contributed by atoms with E-state index in [2.05, 4.69) is 35.5 Å². The molecule has 0 fully saturated rings. The smallest absolute Gasteiger partial charge is 0.133 e. The molecule has 0 radical (unpaired) electrons. The fourth-order valence-corrected chi connectivity index (χ4v) is 2.67. The molecule has 4 heteroatoms. The second-order valence-corrected chi connectivity index (χ2v) is 5.40. The highest BCUT2D eigenvalue weighted by atomic mass is 15.3. The molecule has 1 atom stereocenters. The van der Waals surface area contributed by atoms with Crippen LogP contribution < -0.4 is 5.73 Å². The molecule has 1 heterocycles. The van der Waals surface area contributed by atoms with Crippen molar-refractivity contribution in [3.8, 4) is 0 Å². The van der Waals surface area contributed by atoms with Gasteiger partial charge in [0.2, 0.25) is 0 Å². The summed E-state index contributed by atoms with van der Waals surface area (Å²) >= 11 is 0. The standard InChI is InChI=1S/C14H28N4/c1-5-6-13(9-10-15)7-8-14-17-16-12(4)18(14)11(2)3/h11,13H,5-10,15H2,1-4H3. The predicted molar refractivity (Wildman–Crippen MR) is 75.5 cm³/mol. The summed E-state index contributed by atoms with van der Waals surface area (Å²) in [6, 6.07) is 0.439. The van der Waals surface area contributed by atoms with Crippen molar-refractivity contribution in [1.29, 1.82) is 0 Å². The second kappa shape index (κ2) is 7.52. The summed E-state index contributed by atoms with van der Waals surface area (Å²) in [6.07, 6.45) is 5.83. The van der Waals surface area contributed by atoms with Crippen molar-refractivity contribution in [1.82, 2.24) is 14.8 Å². The van der Waals surface area contributed by atoms with Crippen LogP contribution >= 0.6 is 0 Å². The highest BCUT2D eigenvalue weighted by molar-refractivity contribution is 4.96. The summed E-state index contributed by atoms with van der Waals surface area (Å²) < 4.78 is 2.24. The van der Waals surface area contributed by atoms with Gasteiger partial charge in [0, 0.05) is 12.5 Å². The van der Waals surface area contributed by atoms with Gasteiger partial charge in [0.05, 0.1) is 0 Å². The Morgan fingerprint density at radius 3 is 2.44 bits per heavy atom. The van der Waals surface area contributed by atoms with Gasteiger partial charge in [0.15, 0.2) is 0 Å². The lowest BCUT2D eigenvalue weighted by Crippen LogP contribution is -2.13. The van der Waals surface area contributed by atoms with Crippen molar-refractivity contribution in [2.24, 2.45) is 11.7 Å². The third-order valence-corrected chi connectivity index (χ3v) is 3.50. The number of hydrogen-bond acceptors (Lipinski definition) is 3. The van der Waals surface area contributed by atoms with E-state index in [0.717, 1.165) is 37.0 Å². The third-order valence-electron chi connectivity index (χ3n) is 3.50. The molecule has 0 bridgehead atoms. The van der Waals surface area contributed by atoms with Gasteiger partial charge < -0.3 is 10.3 Å². The first-order valence-electron chi connectivity index (χ1n) is 7.20. The van der Waals surface area contributed by atoms with Gasteiger partial charge in [-0.15, -0.1) is 10.2 Å². The first-order valence-corrected chi connectivity index (χ1v) is 7.20. The third kappa shape index (κ3) is 4.09. The maximum Gasteiger partial charge on any atom is 0.133 e. The van der Waals surface area contributed by atoms with Crippen molar-refractivity contribution in [3.63, 3.8) is 0 Å². The minimum absolute atomic E-state index is 0.439. The summed E-state index contributed by atoms with van der Waals surface area (Å²) in [4.78, 5) is 0. The van der Waals surface area contributed by atoms with E-state index in [-0.39, 0.29) is 0 Å². The Balaban J connectivity index is 2.61. The molecule has 1 aromatic rings. The van der Waals surface area contributed by atoms with E-state index in [1.54, 1.807) is 0 Å². The van der Waals surface area contributed by atoms with Crippen molar-refractivity contribution < 1.29 is 0 Å². The predicted octanol–water partition coefficient (Wildman–Crippen LogP) is 2.87. The van der Waals surface area contributed by atoms with Crippen molar-refractivity contribution in [3.05, 3.63) is 11.6 Å². The zero-order chi connectivity index (χ0) is 13.5. The Hall–Kier alpha value is -0.900. The van der Waals surface area contributed by atoms with Crippen LogP contribution in [0.15, 0.2) is 0 Å². The summed E-state index contributed by atoms with van der Waals surface area (Å²) in [5.74, 6) is 2.88. The summed E-state index contributed by atoms with van der Waals surface area (Å²) in [6.45, 7) is 9.43. The zero-order valence-corrected chi connectivity index (χ0v) is 12.3. The number of nitrogens with zero attached hydrogens (tertiary/aromatic N) is 3. The minimum Gasteiger partial charge on any atom is -0.330 e. The average molecular weight is 252 g/mol. The van der Waals surface area contributed by atoms with E-state index in [0.29, 0.717) is 6.04 Å². The molecular weight excluding hydrogens is 224 g/mol. The normalized spacial score (nSPS) is 13.2. The maximum absolute atomic E-state index is 5.68. The van der Waals surface area contributed by atoms with Crippen LogP contribution in [0.3, 0.4) is 0 Å². The van der Waals surface area contributed by atoms with Gasteiger partial charge in [-0.25, -0.2) is 0 Å². The van der Waals surface area contributed by atoms with E-state index in [4.69, 9.17) is 5.73 Å². The largest absolute Gasteiger partial charge is 0.330 e. The van der Waals surface area contributed by atoms with Crippen molar-refractivity contribution in [2.75, 3.05) is 6.54 Å². The summed E-state index contributed by atoms with van der Waals surface area (Å²) in [5, 5.41) is 8.51. The summed E-state index contributed by atoms with van der Waals surface area (Å²) in [7, 11) is 0. The van der Waals surface area contributed by atoms with Crippen LogP contribution in [0.4, 0.5) is 0 Å². The van der Waals surface area contributed by atoms with Gasteiger partial charge >= 0.3 is 0 Å². The number of rotatable bonds is 8. The lowest BCUT2D eigenvalue weighted by molar-refractivity contribution is 0.410. The topological polar surface area (TPSA) is 56.7 Å². The molecule has 0 amide bonds. The average Bonchev–Trinajstić information content (AvgIpc) is 2.68. The molecule has 0 aliphatic carbocycles. The van der Waals surface area contributed by atoms with Crippen LogP contribution in [0, 0.1) is 12.8 Å². The Morgan fingerprint density at radius 1 is 1.17 bits per heavy atom. The van der Waals surface area contributed by atoms with Crippen LogP contribution in [-0.2, 0) is 6.42 Å². The molecule has 0 saturated heterocycles. The highest BCUT2D eigenvalue weighted by Gasteiger charge is 2.14. The Morgan fingerprint density at radius 2 is 1.89 bits per heavy atom.